The second-order valence-electron chi connectivity index (χ2n) is 9.86. The summed E-state index contributed by atoms with van der Waals surface area (Å²) in [5, 5.41) is 17.9. The number of phosphoric ester groups is 1. The van der Waals surface area contributed by atoms with Crippen molar-refractivity contribution in [1.29, 1.82) is 0 Å². The van der Waals surface area contributed by atoms with Gasteiger partial charge in [0.1, 0.15) is 12.7 Å². The van der Waals surface area contributed by atoms with Gasteiger partial charge in [-0.3, -0.25) is 18.6 Å². The summed E-state index contributed by atoms with van der Waals surface area (Å²) < 4.78 is 31.3. The van der Waals surface area contributed by atoms with Crippen LogP contribution in [0.4, 0.5) is 0 Å². The van der Waals surface area contributed by atoms with E-state index >= 15 is 0 Å². The van der Waals surface area contributed by atoms with Gasteiger partial charge in [0.05, 0.1) is 19.8 Å². The third-order valence-corrected chi connectivity index (χ3v) is 7.02. The number of esters is 2. The van der Waals surface area contributed by atoms with E-state index in [1.165, 1.54) is 84.0 Å². The first-order valence-electron chi connectivity index (χ1n) is 14.4. The van der Waals surface area contributed by atoms with Crippen LogP contribution in [0.3, 0.4) is 0 Å². The Morgan fingerprint density at radius 3 is 1.63 bits per heavy atom. The van der Waals surface area contributed by atoms with Gasteiger partial charge < -0.3 is 24.6 Å². The molecular formula is C27H53O10P. The predicted molar refractivity (Wildman–Crippen MR) is 145 cm³/mol. The van der Waals surface area contributed by atoms with Gasteiger partial charge in [0, 0.05) is 13.3 Å². The van der Waals surface area contributed by atoms with E-state index in [4.69, 9.17) is 19.1 Å². The minimum absolute atomic E-state index is 0.186. The molecular weight excluding hydrogens is 515 g/mol. The number of aliphatic hydroxyl groups is 2. The van der Waals surface area contributed by atoms with Crippen LogP contribution in [0, 0.1) is 0 Å². The van der Waals surface area contributed by atoms with Crippen molar-refractivity contribution in [2.24, 2.45) is 0 Å². The van der Waals surface area contributed by atoms with Crippen LogP contribution in [0.15, 0.2) is 0 Å². The third kappa shape index (κ3) is 25.3. The van der Waals surface area contributed by atoms with E-state index in [-0.39, 0.29) is 13.0 Å². The molecule has 0 saturated heterocycles. The second kappa shape index (κ2) is 25.0. The SMILES string of the molecule is CCCCCCCCCCCCCCCCCCC(=O)OC(COC(C)=O)COP(=O)(O)OCC(O)CO. The predicted octanol–water partition coefficient (Wildman–Crippen LogP) is 5.60. The van der Waals surface area contributed by atoms with Crippen molar-refractivity contribution in [1.82, 2.24) is 0 Å². The summed E-state index contributed by atoms with van der Waals surface area (Å²) in [6.45, 7) is 1.30. The van der Waals surface area contributed by atoms with Crippen molar-refractivity contribution in [2.75, 3.05) is 26.4 Å². The zero-order valence-corrected chi connectivity index (χ0v) is 24.5. The Morgan fingerprint density at radius 1 is 0.737 bits per heavy atom. The largest absolute Gasteiger partial charge is 0.472 e. The summed E-state index contributed by atoms with van der Waals surface area (Å²) in [6.07, 6.45) is 17.5. The van der Waals surface area contributed by atoms with E-state index in [1.54, 1.807) is 0 Å². The first kappa shape index (κ1) is 37.0. The number of hydrogen-bond acceptors (Lipinski definition) is 9. The van der Waals surface area contributed by atoms with Crippen LogP contribution < -0.4 is 0 Å². The van der Waals surface area contributed by atoms with E-state index in [9.17, 15) is 24.2 Å². The molecule has 0 rings (SSSR count). The standard InChI is InChI=1S/C27H53O10P/c1-3-4-5-6-7-8-9-10-11-12-13-14-15-16-17-18-19-27(31)37-26(22-34-24(2)29)23-36-38(32,33)35-21-25(30)20-28/h25-26,28,30H,3-23H2,1-2H3,(H,32,33). The molecule has 0 aliphatic rings. The van der Waals surface area contributed by atoms with E-state index in [1.807, 2.05) is 0 Å². The Bertz CT molecular complexity index is 631. The molecule has 3 unspecified atom stereocenters. The quantitative estimate of drug-likeness (QED) is 0.0649. The van der Waals surface area contributed by atoms with Gasteiger partial charge >= 0.3 is 19.8 Å². The number of aliphatic hydroxyl groups excluding tert-OH is 2. The Morgan fingerprint density at radius 2 is 1.18 bits per heavy atom. The molecule has 0 aromatic carbocycles. The molecule has 0 aromatic rings. The topological polar surface area (TPSA) is 149 Å². The number of hydrogen-bond donors (Lipinski definition) is 3. The summed E-state index contributed by atoms with van der Waals surface area (Å²) in [6, 6.07) is 0. The van der Waals surface area contributed by atoms with Crippen molar-refractivity contribution in [3.05, 3.63) is 0 Å². The number of unbranched alkanes of at least 4 members (excludes halogenated alkanes) is 15. The maximum Gasteiger partial charge on any atom is 0.472 e. The molecule has 38 heavy (non-hydrogen) atoms. The van der Waals surface area contributed by atoms with Gasteiger partial charge in [-0.05, 0) is 6.42 Å². The lowest BCUT2D eigenvalue weighted by molar-refractivity contribution is -0.160. The van der Waals surface area contributed by atoms with E-state index in [2.05, 4.69) is 11.4 Å². The van der Waals surface area contributed by atoms with Crippen LogP contribution in [0.25, 0.3) is 0 Å². The molecule has 3 atom stereocenters. The fourth-order valence-electron chi connectivity index (χ4n) is 3.84. The van der Waals surface area contributed by atoms with Gasteiger partial charge in [-0.25, -0.2) is 4.57 Å². The summed E-state index contributed by atoms with van der Waals surface area (Å²) >= 11 is 0. The highest BCUT2D eigenvalue weighted by atomic mass is 31.2. The van der Waals surface area contributed by atoms with E-state index in [0.29, 0.717) is 6.42 Å². The number of carbonyl (C=O) groups excluding carboxylic acids is 2. The number of ether oxygens (including phenoxy) is 2. The van der Waals surface area contributed by atoms with Crippen molar-refractivity contribution < 1.29 is 47.8 Å². The smallest absolute Gasteiger partial charge is 0.462 e. The minimum Gasteiger partial charge on any atom is -0.462 e. The molecule has 0 fully saturated rings. The van der Waals surface area contributed by atoms with Gasteiger partial charge in [-0.15, -0.1) is 0 Å². The van der Waals surface area contributed by atoms with Crippen LogP contribution in [0.1, 0.15) is 123 Å². The molecule has 0 radical (unpaired) electrons. The molecule has 3 N–H and O–H groups in total. The molecule has 0 aromatic heterocycles. The Hall–Kier alpha value is -1.03. The average Bonchev–Trinajstić information content (AvgIpc) is 2.88. The summed E-state index contributed by atoms with van der Waals surface area (Å²) in [4.78, 5) is 32.9. The normalized spacial score (nSPS) is 14.6. The molecule has 11 heteroatoms. The van der Waals surface area contributed by atoms with E-state index < -0.39 is 51.8 Å². The fraction of sp³-hybridized carbons (Fsp3) is 0.926. The summed E-state index contributed by atoms with van der Waals surface area (Å²) in [5.41, 5.74) is 0. The molecule has 10 nitrogen and oxygen atoms in total. The third-order valence-electron chi connectivity index (χ3n) is 6.07. The lowest BCUT2D eigenvalue weighted by Gasteiger charge is -2.20. The zero-order chi connectivity index (χ0) is 28.5. The average molecular weight is 569 g/mol. The van der Waals surface area contributed by atoms with Crippen LogP contribution in [0.2, 0.25) is 0 Å². The summed E-state index contributed by atoms with van der Waals surface area (Å²) in [5.74, 6) is -1.11. The van der Waals surface area contributed by atoms with Gasteiger partial charge in [-0.2, -0.15) is 0 Å². The van der Waals surface area contributed by atoms with Crippen LogP contribution in [-0.4, -0.2) is 65.7 Å². The highest BCUT2D eigenvalue weighted by Crippen LogP contribution is 2.43. The molecule has 0 aliphatic carbocycles. The fourth-order valence-corrected chi connectivity index (χ4v) is 4.63. The van der Waals surface area contributed by atoms with Crippen molar-refractivity contribution >= 4 is 19.8 Å². The van der Waals surface area contributed by atoms with Gasteiger partial charge in [0.25, 0.3) is 0 Å². The monoisotopic (exact) mass is 568 g/mol. The van der Waals surface area contributed by atoms with Crippen LogP contribution >= 0.6 is 7.82 Å². The van der Waals surface area contributed by atoms with Crippen molar-refractivity contribution in [3.8, 4) is 0 Å². The molecule has 226 valence electrons. The van der Waals surface area contributed by atoms with E-state index in [0.717, 1.165) is 19.3 Å². The molecule has 0 spiro atoms. The maximum atomic E-state index is 12.2. The Balaban J connectivity index is 3.91. The molecule has 0 heterocycles. The maximum absolute atomic E-state index is 12.2. The lowest BCUT2D eigenvalue weighted by Crippen LogP contribution is -2.29. The van der Waals surface area contributed by atoms with Crippen LogP contribution in [0.5, 0.6) is 0 Å². The van der Waals surface area contributed by atoms with Gasteiger partial charge in [-0.1, -0.05) is 103 Å². The number of phosphoric acid groups is 1. The highest BCUT2D eigenvalue weighted by molar-refractivity contribution is 7.47. The molecule has 0 aliphatic heterocycles. The van der Waals surface area contributed by atoms with Crippen molar-refractivity contribution in [2.45, 2.75) is 135 Å². The first-order valence-corrected chi connectivity index (χ1v) is 15.9. The first-order chi connectivity index (χ1) is 18.2. The number of rotatable bonds is 27. The van der Waals surface area contributed by atoms with Crippen molar-refractivity contribution in [3.63, 3.8) is 0 Å². The molecule has 0 saturated carbocycles. The van der Waals surface area contributed by atoms with Gasteiger partial charge in [0.2, 0.25) is 0 Å². The molecule has 0 bridgehead atoms. The Kier molecular flexibility index (Phi) is 24.3. The molecule has 0 amide bonds. The zero-order valence-electron chi connectivity index (χ0n) is 23.7. The second-order valence-corrected chi connectivity index (χ2v) is 11.3. The lowest BCUT2D eigenvalue weighted by atomic mass is 10.0. The summed E-state index contributed by atoms with van der Waals surface area (Å²) in [7, 11) is -4.56. The number of carbonyl (C=O) groups is 2. The van der Waals surface area contributed by atoms with Crippen LogP contribution in [-0.2, 0) is 32.7 Å². The highest BCUT2D eigenvalue weighted by Gasteiger charge is 2.26. The minimum atomic E-state index is -4.56. The Labute approximate surface area is 229 Å². The van der Waals surface area contributed by atoms with Gasteiger partial charge in [0.15, 0.2) is 6.10 Å².